The van der Waals surface area contributed by atoms with Gasteiger partial charge in [0.05, 0.1) is 5.92 Å². The first kappa shape index (κ1) is 13.4. The summed E-state index contributed by atoms with van der Waals surface area (Å²) in [6.07, 6.45) is 1.59. The maximum atomic E-state index is 12.1. The van der Waals surface area contributed by atoms with Gasteiger partial charge in [-0.05, 0) is 37.5 Å². The Morgan fingerprint density at radius 1 is 1.53 bits per heavy atom. The van der Waals surface area contributed by atoms with Crippen LogP contribution in [0.4, 0.5) is 5.69 Å². The fourth-order valence-electron chi connectivity index (χ4n) is 2.19. The molecule has 0 aliphatic carbocycles. The molecule has 2 unspecified atom stereocenters. The second-order valence-corrected chi connectivity index (χ2v) is 4.89. The van der Waals surface area contributed by atoms with Crippen LogP contribution in [0.5, 0.6) is 0 Å². The van der Waals surface area contributed by atoms with Crippen molar-refractivity contribution in [2.75, 3.05) is 12.3 Å². The van der Waals surface area contributed by atoms with Gasteiger partial charge in [0.15, 0.2) is 0 Å². The third-order valence-electron chi connectivity index (χ3n) is 3.41. The van der Waals surface area contributed by atoms with Crippen molar-refractivity contribution in [1.29, 1.82) is 0 Å². The highest BCUT2D eigenvalue weighted by Crippen LogP contribution is 2.18. The van der Waals surface area contributed by atoms with Crippen LogP contribution in [-0.2, 0) is 9.59 Å². The first-order chi connectivity index (χ1) is 9.08. The summed E-state index contributed by atoms with van der Waals surface area (Å²) in [5.41, 5.74) is 7.19. The number of anilines is 1. The molecule has 5 heteroatoms. The Morgan fingerprint density at radius 2 is 2.32 bits per heavy atom. The summed E-state index contributed by atoms with van der Waals surface area (Å²) in [6, 6.07) is 6.83. The monoisotopic (exact) mass is 261 g/mol. The molecule has 2 amide bonds. The largest absolute Gasteiger partial charge is 0.399 e. The standard InChI is InChI=1S/C14H19N3O2/c1-9(10-4-2-5-11(15)8-10)13(18)17-12-6-3-7-16-14(12)19/h2,4-5,8-9,12H,3,6-7,15H2,1H3,(H,16,19)(H,17,18). The third-order valence-corrected chi connectivity index (χ3v) is 3.41. The summed E-state index contributed by atoms with van der Waals surface area (Å²) >= 11 is 0. The smallest absolute Gasteiger partial charge is 0.242 e. The normalized spacial score (nSPS) is 20.5. The topological polar surface area (TPSA) is 84.2 Å². The summed E-state index contributed by atoms with van der Waals surface area (Å²) in [5, 5.41) is 5.55. The highest BCUT2D eigenvalue weighted by atomic mass is 16.2. The molecule has 0 radical (unpaired) electrons. The highest BCUT2D eigenvalue weighted by molar-refractivity contribution is 5.90. The van der Waals surface area contributed by atoms with E-state index in [9.17, 15) is 9.59 Å². The molecule has 5 nitrogen and oxygen atoms in total. The second-order valence-electron chi connectivity index (χ2n) is 4.89. The summed E-state index contributed by atoms with van der Waals surface area (Å²) in [6.45, 7) is 2.50. The fraction of sp³-hybridized carbons (Fsp3) is 0.429. The number of piperidine rings is 1. The molecule has 1 saturated heterocycles. The molecule has 19 heavy (non-hydrogen) atoms. The van der Waals surface area contributed by atoms with E-state index in [-0.39, 0.29) is 17.7 Å². The number of carbonyl (C=O) groups is 2. The van der Waals surface area contributed by atoms with Gasteiger partial charge in [-0.3, -0.25) is 9.59 Å². The quantitative estimate of drug-likeness (QED) is 0.703. The molecule has 102 valence electrons. The zero-order chi connectivity index (χ0) is 13.8. The number of nitrogens with two attached hydrogens (primary N) is 1. The van der Waals surface area contributed by atoms with Gasteiger partial charge in [-0.25, -0.2) is 0 Å². The van der Waals surface area contributed by atoms with E-state index >= 15 is 0 Å². The van der Waals surface area contributed by atoms with Crippen LogP contribution in [0.15, 0.2) is 24.3 Å². The molecule has 1 aromatic rings. The minimum Gasteiger partial charge on any atom is -0.399 e. The number of hydrogen-bond donors (Lipinski definition) is 3. The average molecular weight is 261 g/mol. The van der Waals surface area contributed by atoms with Gasteiger partial charge in [-0.1, -0.05) is 12.1 Å². The van der Waals surface area contributed by atoms with Crippen molar-refractivity contribution in [3.05, 3.63) is 29.8 Å². The maximum Gasteiger partial charge on any atom is 0.242 e. The minimum atomic E-state index is -0.412. The molecule has 2 atom stereocenters. The summed E-state index contributed by atoms with van der Waals surface area (Å²) in [7, 11) is 0. The lowest BCUT2D eigenvalue weighted by Gasteiger charge is -2.24. The number of hydrogen-bond acceptors (Lipinski definition) is 3. The first-order valence-electron chi connectivity index (χ1n) is 6.51. The number of carbonyl (C=O) groups excluding carboxylic acids is 2. The Balaban J connectivity index is 2.01. The number of nitrogen functional groups attached to an aromatic ring is 1. The Labute approximate surface area is 112 Å². The lowest BCUT2D eigenvalue weighted by molar-refractivity contribution is -0.130. The van der Waals surface area contributed by atoms with E-state index in [1.54, 1.807) is 12.1 Å². The molecule has 4 N–H and O–H groups in total. The van der Waals surface area contributed by atoms with Crippen LogP contribution < -0.4 is 16.4 Å². The lowest BCUT2D eigenvalue weighted by atomic mass is 9.98. The Morgan fingerprint density at radius 3 is 3.00 bits per heavy atom. The zero-order valence-corrected chi connectivity index (χ0v) is 11.0. The number of rotatable bonds is 3. The van der Waals surface area contributed by atoms with E-state index in [1.165, 1.54) is 0 Å². The van der Waals surface area contributed by atoms with E-state index in [1.807, 2.05) is 19.1 Å². The molecule has 1 aromatic carbocycles. The van der Waals surface area contributed by atoms with Crippen molar-refractivity contribution >= 4 is 17.5 Å². The van der Waals surface area contributed by atoms with Crippen molar-refractivity contribution < 1.29 is 9.59 Å². The van der Waals surface area contributed by atoms with Gasteiger partial charge in [0.1, 0.15) is 6.04 Å². The molecule has 0 spiro atoms. The minimum absolute atomic E-state index is 0.0978. The average Bonchev–Trinajstić information content (AvgIpc) is 2.40. The van der Waals surface area contributed by atoms with Crippen LogP contribution in [0, 0.1) is 0 Å². The second kappa shape index (κ2) is 5.73. The molecule has 2 rings (SSSR count). The van der Waals surface area contributed by atoms with Crippen LogP contribution in [0.25, 0.3) is 0 Å². The van der Waals surface area contributed by atoms with E-state index in [4.69, 9.17) is 5.73 Å². The van der Waals surface area contributed by atoms with Crippen LogP contribution in [0.2, 0.25) is 0 Å². The van der Waals surface area contributed by atoms with Gasteiger partial charge in [0.25, 0.3) is 0 Å². The highest BCUT2D eigenvalue weighted by Gasteiger charge is 2.26. The molecule has 0 aromatic heterocycles. The predicted molar refractivity (Wildman–Crippen MR) is 73.4 cm³/mol. The van der Waals surface area contributed by atoms with Crippen LogP contribution in [0.3, 0.4) is 0 Å². The van der Waals surface area contributed by atoms with E-state index < -0.39 is 6.04 Å². The molecule has 0 saturated carbocycles. The fourth-order valence-corrected chi connectivity index (χ4v) is 2.19. The van der Waals surface area contributed by atoms with Crippen LogP contribution >= 0.6 is 0 Å². The number of benzene rings is 1. The molecule has 1 aliphatic heterocycles. The lowest BCUT2D eigenvalue weighted by Crippen LogP contribution is -2.51. The Kier molecular flexibility index (Phi) is 4.04. The van der Waals surface area contributed by atoms with Crippen molar-refractivity contribution in [3.8, 4) is 0 Å². The summed E-state index contributed by atoms with van der Waals surface area (Å²) in [5.74, 6) is -0.565. The van der Waals surface area contributed by atoms with Gasteiger partial charge >= 0.3 is 0 Å². The van der Waals surface area contributed by atoms with Crippen molar-refractivity contribution in [1.82, 2.24) is 10.6 Å². The predicted octanol–water partition coefficient (Wildman–Crippen LogP) is 0.767. The van der Waals surface area contributed by atoms with Gasteiger partial charge in [0, 0.05) is 12.2 Å². The van der Waals surface area contributed by atoms with E-state index in [2.05, 4.69) is 10.6 Å². The summed E-state index contributed by atoms with van der Waals surface area (Å²) in [4.78, 5) is 23.7. The third kappa shape index (κ3) is 3.24. The SMILES string of the molecule is CC(C(=O)NC1CCCNC1=O)c1cccc(N)c1. The Bertz CT molecular complexity index is 487. The van der Waals surface area contributed by atoms with E-state index in [0.29, 0.717) is 18.7 Å². The van der Waals surface area contributed by atoms with E-state index in [0.717, 1.165) is 12.0 Å². The van der Waals surface area contributed by atoms with Gasteiger partial charge in [-0.15, -0.1) is 0 Å². The Hall–Kier alpha value is -2.04. The van der Waals surface area contributed by atoms with Crippen LogP contribution in [-0.4, -0.2) is 24.4 Å². The molecule has 1 fully saturated rings. The molecule has 1 heterocycles. The van der Waals surface area contributed by atoms with Gasteiger partial charge in [0.2, 0.25) is 11.8 Å². The molecular formula is C14H19N3O2. The number of nitrogens with one attached hydrogen (secondary N) is 2. The van der Waals surface area contributed by atoms with Crippen molar-refractivity contribution in [3.63, 3.8) is 0 Å². The summed E-state index contributed by atoms with van der Waals surface area (Å²) < 4.78 is 0. The molecule has 1 aliphatic rings. The first-order valence-corrected chi connectivity index (χ1v) is 6.51. The van der Waals surface area contributed by atoms with Crippen molar-refractivity contribution in [2.45, 2.75) is 31.7 Å². The molecule has 0 bridgehead atoms. The van der Waals surface area contributed by atoms with Crippen LogP contribution in [0.1, 0.15) is 31.2 Å². The molecular weight excluding hydrogens is 242 g/mol. The number of amides is 2. The van der Waals surface area contributed by atoms with Gasteiger partial charge in [-0.2, -0.15) is 0 Å². The van der Waals surface area contributed by atoms with Crippen molar-refractivity contribution in [2.24, 2.45) is 0 Å². The zero-order valence-electron chi connectivity index (χ0n) is 11.0. The maximum absolute atomic E-state index is 12.1. The van der Waals surface area contributed by atoms with Gasteiger partial charge < -0.3 is 16.4 Å².